The molecule has 3 unspecified atom stereocenters. The van der Waals surface area contributed by atoms with Crippen LogP contribution in [0.3, 0.4) is 0 Å². The first kappa shape index (κ1) is 34.3. The van der Waals surface area contributed by atoms with E-state index in [0.29, 0.717) is 59.5 Å². The zero-order valence-electron chi connectivity index (χ0n) is 23.0. The highest BCUT2D eigenvalue weighted by molar-refractivity contribution is 4.86. The third-order valence-corrected chi connectivity index (χ3v) is 4.92. The van der Waals surface area contributed by atoms with E-state index in [0.717, 1.165) is 32.5 Å². The van der Waals surface area contributed by atoms with Crippen LogP contribution in [-0.2, 0) is 28.4 Å². The van der Waals surface area contributed by atoms with Gasteiger partial charge in [0.1, 0.15) is 6.10 Å². The lowest BCUT2D eigenvalue weighted by molar-refractivity contribution is -0.0803. The van der Waals surface area contributed by atoms with Crippen molar-refractivity contribution in [2.45, 2.75) is 46.1 Å². The van der Waals surface area contributed by atoms with E-state index in [1.807, 2.05) is 18.2 Å². The lowest BCUT2D eigenvalue weighted by Crippen LogP contribution is -2.31. The van der Waals surface area contributed by atoms with E-state index in [9.17, 15) is 0 Å². The molecule has 0 spiro atoms. The fourth-order valence-corrected chi connectivity index (χ4v) is 3.18. The van der Waals surface area contributed by atoms with Crippen LogP contribution in [0.5, 0.6) is 0 Å². The molecule has 0 amide bonds. The van der Waals surface area contributed by atoms with Gasteiger partial charge in [-0.3, -0.25) is 0 Å². The highest BCUT2D eigenvalue weighted by Crippen LogP contribution is 2.09. The van der Waals surface area contributed by atoms with Gasteiger partial charge in [0, 0.05) is 37.6 Å². The Morgan fingerprint density at radius 3 is 1.17 bits per heavy atom. The summed E-state index contributed by atoms with van der Waals surface area (Å²) in [5, 5.41) is 0. The lowest BCUT2D eigenvalue weighted by atomic mass is 10.1. The van der Waals surface area contributed by atoms with Crippen molar-refractivity contribution in [2.24, 2.45) is 17.8 Å². The van der Waals surface area contributed by atoms with Crippen molar-refractivity contribution in [1.29, 1.82) is 0 Å². The van der Waals surface area contributed by atoms with Crippen LogP contribution in [0.4, 0.5) is 0 Å². The summed E-state index contributed by atoms with van der Waals surface area (Å²) >= 11 is 0. The summed E-state index contributed by atoms with van der Waals surface area (Å²) in [5.41, 5.74) is 8.54. The molecule has 0 radical (unpaired) electrons. The zero-order chi connectivity index (χ0) is 26.7. The van der Waals surface area contributed by atoms with Crippen LogP contribution < -0.4 is 0 Å². The topological polar surface area (TPSA) is 55.4 Å². The number of hydrogen-bond donors (Lipinski definition) is 0. The molecule has 0 aliphatic rings. The molecule has 0 fully saturated rings. The van der Waals surface area contributed by atoms with E-state index in [1.54, 1.807) is 0 Å². The maximum absolute atomic E-state index is 6.20. The molecule has 0 saturated heterocycles. The van der Waals surface area contributed by atoms with E-state index < -0.39 is 0 Å². The average Bonchev–Trinajstić information content (AvgIpc) is 2.87. The summed E-state index contributed by atoms with van der Waals surface area (Å²) in [6.07, 6.45) is 8.35. The van der Waals surface area contributed by atoms with Gasteiger partial charge in [0.25, 0.3) is 0 Å². The molecule has 0 aromatic rings. The van der Waals surface area contributed by atoms with E-state index in [2.05, 4.69) is 57.7 Å². The fraction of sp³-hybridized carbons (Fsp3) is 0.700. The van der Waals surface area contributed by atoms with Gasteiger partial charge in [-0.2, -0.15) is 0 Å². The van der Waals surface area contributed by atoms with Crippen molar-refractivity contribution in [3.05, 3.63) is 55.2 Å². The Kier molecular flexibility index (Phi) is 25.2. The van der Waals surface area contributed by atoms with Crippen LogP contribution in [0.15, 0.2) is 55.2 Å². The van der Waals surface area contributed by atoms with Crippen molar-refractivity contribution in [2.75, 3.05) is 72.7 Å². The van der Waals surface area contributed by atoms with Gasteiger partial charge >= 0.3 is 0 Å². The van der Waals surface area contributed by atoms with Crippen molar-refractivity contribution in [3.63, 3.8) is 0 Å². The van der Waals surface area contributed by atoms with Gasteiger partial charge < -0.3 is 28.4 Å². The van der Waals surface area contributed by atoms with Crippen molar-refractivity contribution in [1.82, 2.24) is 0 Å². The van der Waals surface area contributed by atoms with E-state index in [4.69, 9.17) is 28.4 Å². The molecule has 0 aromatic heterocycles. The molecule has 36 heavy (non-hydrogen) atoms. The maximum atomic E-state index is 6.20. The quantitative estimate of drug-likeness (QED) is 0.113. The highest BCUT2D eigenvalue weighted by Gasteiger charge is 2.16. The van der Waals surface area contributed by atoms with Gasteiger partial charge in [-0.25, -0.2) is 0 Å². The molecule has 0 heterocycles. The normalized spacial score (nSPS) is 14.1. The SMILES string of the molecule is C=C=CC(COCCC)COCC(COCC(C=C=C)COCCC)OCC(C=C=C)COCCC. The average molecular weight is 507 g/mol. The molecular weight excluding hydrogens is 456 g/mol. The molecule has 6 nitrogen and oxygen atoms in total. The van der Waals surface area contributed by atoms with Gasteiger partial charge in [0.2, 0.25) is 0 Å². The second-order valence-corrected chi connectivity index (χ2v) is 8.65. The predicted octanol–water partition coefficient (Wildman–Crippen LogP) is 5.56. The van der Waals surface area contributed by atoms with Crippen LogP contribution >= 0.6 is 0 Å². The molecule has 0 aliphatic carbocycles. The first-order valence-electron chi connectivity index (χ1n) is 13.2. The summed E-state index contributed by atoms with van der Waals surface area (Å²) < 4.78 is 35.3. The van der Waals surface area contributed by atoms with E-state index in [1.165, 1.54) is 0 Å². The van der Waals surface area contributed by atoms with Crippen molar-refractivity contribution >= 4 is 0 Å². The van der Waals surface area contributed by atoms with Gasteiger partial charge in [0.05, 0.1) is 52.9 Å². The first-order chi connectivity index (χ1) is 17.6. The fourth-order valence-electron chi connectivity index (χ4n) is 3.18. The minimum Gasteiger partial charge on any atom is -0.381 e. The molecular formula is C30H50O6. The Bertz CT molecular complexity index is 606. The Labute approximate surface area is 220 Å². The highest BCUT2D eigenvalue weighted by atomic mass is 16.6. The van der Waals surface area contributed by atoms with E-state index in [-0.39, 0.29) is 23.9 Å². The largest absolute Gasteiger partial charge is 0.381 e. The van der Waals surface area contributed by atoms with Crippen LogP contribution in [0.1, 0.15) is 40.0 Å². The molecule has 0 N–H and O–H groups in total. The molecule has 0 aromatic carbocycles. The molecule has 0 bridgehead atoms. The van der Waals surface area contributed by atoms with Gasteiger partial charge in [-0.15, -0.1) is 17.2 Å². The third-order valence-electron chi connectivity index (χ3n) is 4.92. The molecule has 0 rings (SSSR count). The molecule has 6 heteroatoms. The monoisotopic (exact) mass is 506 g/mol. The molecule has 0 aliphatic heterocycles. The summed E-state index contributed by atoms with van der Waals surface area (Å²) in [6.45, 7) is 23.4. The smallest absolute Gasteiger partial charge is 0.104 e. The van der Waals surface area contributed by atoms with Crippen LogP contribution in [-0.4, -0.2) is 78.8 Å². The summed E-state index contributed by atoms with van der Waals surface area (Å²) in [6, 6.07) is 0. The minimum atomic E-state index is -0.244. The van der Waals surface area contributed by atoms with Gasteiger partial charge in [0.15, 0.2) is 0 Å². The zero-order valence-corrected chi connectivity index (χ0v) is 23.0. The standard InChI is InChI=1S/C30H50O6/c1-7-13-27(19-31-16-10-4)22-34-25-30(36-24-29(15-9-3)21-33-18-12-6)26-35-23-28(14-8-2)20-32-17-11-5/h13-15,27-30H,1-3,10-12,16-26H2,4-6H3. The van der Waals surface area contributed by atoms with Gasteiger partial charge in [-0.05, 0) is 37.5 Å². The summed E-state index contributed by atoms with van der Waals surface area (Å²) in [4.78, 5) is 0. The van der Waals surface area contributed by atoms with Crippen molar-refractivity contribution in [3.8, 4) is 0 Å². The number of rotatable bonds is 26. The third kappa shape index (κ3) is 20.5. The summed E-state index contributed by atoms with van der Waals surface area (Å²) in [7, 11) is 0. The summed E-state index contributed by atoms with van der Waals surface area (Å²) in [5.74, 6) is 0.244. The van der Waals surface area contributed by atoms with Crippen LogP contribution in [0, 0.1) is 17.8 Å². The van der Waals surface area contributed by atoms with E-state index >= 15 is 0 Å². The van der Waals surface area contributed by atoms with Crippen molar-refractivity contribution < 1.29 is 28.4 Å². The number of hydrogen-bond acceptors (Lipinski definition) is 6. The van der Waals surface area contributed by atoms with Gasteiger partial charge in [-0.1, -0.05) is 40.5 Å². The Balaban J connectivity index is 4.94. The number of ether oxygens (including phenoxy) is 6. The second kappa shape index (κ2) is 26.4. The first-order valence-corrected chi connectivity index (χ1v) is 13.2. The second-order valence-electron chi connectivity index (χ2n) is 8.65. The molecule has 0 saturated carbocycles. The van der Waals surface area contributed by atoms with Crippen LogP contribution in [0.2, 0.25) is 0 Å². The maximum Gasteiger partial charge on any atom is 0.104 e. The predicted molar refractivity (Wildman–Crippen MR) is 146 cm³/mol. The molecule has 3 atom stereocenters. The Morgan fingerprint density at radius 2 is 0.833 bits per heavy atom. The Morgan fingerprint density at radius 1 is 0.500 bits per heavy atom. The Hall–Kier alpha value is -1.68. The molecule has 206 valence electrons. The van der Waals surface area contributed by atoms with Crippen LogP contribution in [0.25, 0.3) is 0 Å². The minimum absolute atomic E-state index is 0.0642. The lowest BCUT2D eigenvalue weighted by Gasteiger charge is -2.23.